The smallest absolute Gasteiger partial charge is 0.237 e. The molecule has 0 aromatic rings. The first kappa shape index (κ1) is 10.6. The van der Waals surface area contributed by atoms with Crippen molar-refractivity contribution in [3.05, 3.63) is 0 Å². The Morgan fingerprint density at radius 1 is 1.54 bits per heavy atom. The van der Waals surface area contributed by atoms with Gasteiger partial charge in [-0.3, -0.25) is 14.8 Å². The summed E-state index contributed by atoms with van der Waals surface area (Å²) in [5.41, 5.74) is 2.08. The molecule has 0 aliphatic carbocycles. The quantitative estimate of drug-likeness (QED) is 0.230. The van der Waals surface area contributed by atoms with Crippen molar-refractivity contribution < 1.29 is 13.6 Å². The van der Waals surface area contributed by atoms with Crippen LogP contribution in [0.25, 0.3) is 0 Å². The third-order valence-corrected chi connectivity index (χ3v) is 2.99. The summed E-state index contributed by atoms with van der Waals surface area (Å²) in [6, 6.07) is 0. The van der Waals surface area contributed by atoms with E-state index in [-0.39, 0.29) is 11.8 Å². The Hall–Kier alpha value is -0.500. The number of hydrogen-bond donors (Lipinski definition) is 3. The number of nitrogens with zero attached hydrogens (tertiary/aromatic N) is 1. The van der Waals surface area contributed by atoms with Crippen molar-refractivity contribution in [1.82, 2.24) is 9.73 Å². The molecule has 0 aromatic heterocycles. The van der Waals surface area contributed by atoms with Crippen molar-refractivity contribution in [2.45, 2.75) is 12.8 Å². The molecule has 1 atom stereocenters. The van der Waals surface area contributed by atoms with E-state index in [2.05, 4.69) is 5.43 Å². The Balaban J connectivity index is 2.39. The second-order valence-electron chi connectivity index (χ2n) is 2.94. The molecular weight excluding hydrogens is 194 g/mol. The average Bonchev–Trinajstić information content (AvgIpc) is 2.17. The average molecular weight is 207 g/mol. The zero-order valence-electron chi connectivity index (χ0n) is 7.10. The molecule has 0 radical (unpaired) electrons. The van der Waals surface area contributed by atoms with Gasteiger partial charge in [0, 0.05) is 19.0 Å². The molecule has 0 spiro atoms. The minimum atomic E-state index is -1.91. The standard InChI is InChI=1S/C6H13N3O3S/c7-8-6(10)5-1-3-9(4-2-5)13(11)12/h5H,1-4,7H2,(H,8,10)(H,11,12). The Morgan fingerprint density at radius 3 is 2.46 bits per heavy atom. The molecule has 13 heavy (non-hydrogen) atoms. The first-order valence-electron chi connectivity index (χ1n) is 4.01. The molecule has 1 rings (SSSR count). The van der Waals surface area contributed by atoms with E-state index in [1.54, 1.807) is 0 Å². The predicted octanol–water partition coefficient (Wildman–Crippen LogP) is -1.18. The summed E-state index contributed by atoms with van der Waals surface area (Å²) in [7, 11) is 0. The van der Waals surface area contributed by atoms with E-state index < -0.39 is 11.3 Å². The van der Waals surface area contributed by atoms with Gasteiger partial charge in [0.15, 0.2) is 0 Å². The van der Waals surface area contributed by atoms with Gasteiger partial charge in [0.05, 0.1) is 0 Å². The van der Waals surface area contributed by atoms with Gasteiger partial charge in [0.25, 0.3) is 0 Å². The van der Waals surface area contributed by atoms with E-state index in [0.29, 0.717) is 25.9 Å². The minimum absolute atomic E-state index is 0.121. The number of hydrazine groups is 1. The van der Waals surface area contributed by atoms with Gasteiger partial charge < -0.3 is 0 Å². The molecule has 7 heteroatoms. The zero-order valence-corrected chi connectivity index (χ0v) is 7.92. The lowest BCUT2D eigenvalue weighted by Gasteiger charge is -2.27. The van der Waals surface area contributed by atoms with Crippen LogP contribution in [-0.2, 0) is 16.1 Å². The van der Waals surface area contributed by atoms with E-state index in [0.717, 1.165) is 0 Å². The maximum atomic E-state index is 11.1. The molecule has 6 nitrogen and oxygen atoms in total. The Labute approximate surface area is 78.9 Å². The summed E-state index contributed by atoms with van der Waals surface area (Å²) in [5.74, 6) is 4.66. The molecule has 1 saturated heterocycles. The molecular formula is C6H13N3O3S. The van der Waals surface area contributed by atoms with Crippen molar-refractivity contribution in [1.29, 1.82) is 0 Å². The highest BCUT2D eigenvalue weighted by atomic mass is 32.2. The fourth-order valence-corrected chi connectivity index (χ4v) is 1.92. The van der Waals surface area contributed by atoms with Crippen LogP contribution in [-0.4, -0.2) is 32.1 Å². The molecule has 1 unspecified atom stereocenters. The maximum absolute atomic E-state index is 11.1. The fraction of sp³-hybridized carbons (Fsp3) is 0.833. The molecule has 0 bridgehead atoms. The van der Waals surface area contributed by atoms with Crippen molar-refractivity contribution in [3.8, 4) is 0 Å². The van der Waals surface area contributed by atoms with Gasteiger partial charge in [-0.25, -0.2) is 14.4 Å². The van der Waals surface area contributed by atoms with Gasteiger partial charge in [-0.1, -0.05) is 0 Å². The van der Waals surface area contributed by atoms with Gasteiger partial charge in [-0.15, -0.1) is 0 Å². The molecule has 1 amide bonds. The number of nitrogens with two attached hydrogens (primary N) is 1. The summed E-state index contributed by atoms with van der Waals surface area (Å²) in [5, 5.41) is 0. The summed E-state index contributed by atoms with van der Waals surface area (Å²) in [6.07, 6.45) is 1.16. The normalized spacial score (nSPS) is 22.6. The lowest BCUT2D eigenvalue weighted by molar-refractivity contribution is -0.126. The number of hydrogen-bond acceptors (Lipinski definition) is 3. The zero-order chi connectivity index (χ0) is 9.84. The summed E-state index contributed by atoms with van der Waals surface area (Å²) in [6.45, 7) is 0.919. The number of carbonyl (C=O) groups excluding carboxylic acids is 1. The minimum Gasteiger partial charge on any atom is -0.294 e. The van der Waals surface area contributed by atoms with E-state index in [1.807, 2.05) is 0 Å². The van der Waals surface area contributed by atoms with E-state index in [1.165, 1.54) is 4.31 Å². The van der Waals surface area contributed by atoms with Crippen LogP contribution in [0, 0.1) is 5.92 Å². The molecule has 1 fully saturated rings. The van der Waals surface area contributed by atoms with Crippen LogP contribution in [0.1, 0.15) is 12.8 Å². The lowest BCUT2D eigenvalue weighted by atomic mass is 9.98. The second kappa shape index (κ2) is 4.66. The van der Waals surface area contributed by atoms with Gasteiger partial charge in [0.1, 0.15) is 0 Å². The number of amides is 1. The molecule has 1 aliphatic heterocycles. The van der Waals surface area contributed by atoms with Crippen LogP contribution in [0.3, 0.4) is 0 Å². The van der Waals surface area contributed by atoms with Crippen LogP contribution in [0.2, 0.25) is 0 Å². The monoisotopic (exact) mass is 207 g/mol. The molecule has 1 aliphatic rings. The van der Waals surface area contributed by atoms with E-state index >= 15 is 0 Å². The maximum Gasteiger partial charge on any atom is 0.237 e. The van der Waals surface area contributed by atoms with Crippen molar-refractivity contribution >= 4 is 17.2 Å². The number of piperidine rings is 1. The Kier molecular flexibility index (Phi) is 3.79. The number of rotatable bonds is 2. The summed E-state index contributed by atoms with van der Waals surface area (Å²) in [4.78, 5) is 11.1. The Bertz CT molecular complexity index is 215. The van der Waals surface area contributed by atoms with Crippen LogP contribution < -0.4 is 11.3 Å². The third-order valence-electron chi connectivity index (χ3n) is 2.19. The summed E-state index contributed by atoms with van der Waals surface area (Å²) >= 11 is -1.91. The topological polar surface area (TPSA) is 95.7 Å². The molecule has 0 saturated carbocycles. The SMILES string of the molecule is NNC(=O)C1CCN(S(=O)O)CC1. The predicted molar refractivity (Wildman–Crippen MR) is 47.4 cm³/mol. The highest BCUT2D eigenvalue weighted by Gasteiger charge is 2.26. The lowest BCUT2D eigenvalue weighted by Crippen LogP contribution is -2.43. The molecule has 1 heterocycles. The molecule has 76 valence electrons. The highest BCUT2D eigenvalue weighted by molar-refractivity contribution is 7.76. The van der Waals surface area contributed by atoms with Gasteiger partial charge in [-0.05, 0) is 12.8 Å². The Morgan fingerprint density at radius 2 is 2.08 bits per heavy atom. The third kappa shape index (κ3) is 2.73. The van der Waals surface area contributed by atoms with Crippen LogP contribution in [0.15, 0.2) is 0 Å². The van der Waals surface area contributed by atoms with Gasteiger partial charge in [0.2, 0.25) is 17.2 Å². The molecule has 4 N–H and O–H groups in total. The van der Waals surface area contributed by atoms with E-state index in [9.17, 15) is 9.00 Å². The first-order valence-corrected chi connectivity index (χ1v) is 5.08. The van der Waals surface area contributed by atoms with Crippen LogP contribution in [0.4, 0.5) is 0 Å². The first-order chi connectivity index (χ1) is 6.15. The van der Waals surface area contributed by atoms with E-state index in [4.69, 9.17) is 10.4 Å². The van der Waals surface area contributed by atoms with Crippen molar-refractivity contribution in [3.63, 3.8) is 0 Å². The van der Waals surface area contributed by atoms with Crippen LogP contribution >= 0.6 is 0 Å². The van der Waals surface area contributed by atoms with Gasteiger partial charge >= 0.3 is 0 Å². The largest absolute Gasteiger partial charge is 0.294 e. The van der Waals surface area contributed by atoms with Crippen LogP contribution in [0.5, 0.6) is 0 Å². The van der Waals surface area contributed by atoms with Crippen molar-refractivity contribution in [2.75, 3.05) is 13.1 Å². The molecule has 0 aromatic carbocycles. The van der Waals surface area contributed by atoms with Crippen molar-refractivity contribution in [2.24, 2.45) is 11.8 Å². The second-order valence-corrected chi connectivity index (χ2v) is 3.92. The summed E-state index contributed by atoms with van der Waals surface area (Å²) < 4.78 is 20.8. The number of carbonyl (C=O) groups is 1. The number of nitrogens with one attached hydrogen (secondary N) is 1. The van der Waals surface area contributed by atoms with Gasteiger partial charge in [-0.2, -0.15) is 0 Å². The fourth-order valence-electron chi connectivity index (χ4n) is 1.39. The highest BCUT2D eigenvalue weighted by Crippen LogP contribution is 2.17.